The van der Waals surface area contributed by atoms with Gasteiger partial charge < -0.3 is 9.26 Å². The first kappa shape index (κ1) is 14.2. The van der Waals surface area contributed by atoms with Crippen LogP contribution in [0.1, 0.15) is 36.5 Å². The summed E-state index contributed by atoms with van der Waals surface area (Å²) >= 11 is 0. The third-order valence-electron chi connectivity index (χ3n) is 2.84. The average molecular weight is 278 g/mol. The predicted molar refractivity (Wildman–Crippen MR) is 68.3 cm³/mol. The smallest absolute Gasteiger partial charge is 0.306 e. The zero-order chi connectivity index (χ0) is 14.5. The third kappa shape index (κ3) is 3.88. The Balaban J connectivity index is 1.83. The fourth-order valence-corrected chi connectivity index (χ4v) is 1.76. The molecule has 1 unspecified atom stereocenters. The second kappa shape index (κ2) is 6.27. The van der Waals surface area contributed by atoms with Gasteiger partial charge >= 0.3 is 5.97 Å². The molecule has 0 saturated carbocycles. The zero-order valence-electron chi connectivity index (χ0n) is 11.3. The molecule has 20 heavy (non-hydrogen) atoms. The first-order valence-corrected chi connectivity index (χ1v) is 6.25. The number of nitrogens with zero attached hydrogens (tertiary/aromatic N) is 2. The van der Waals surface area contributed by atoms with Crippen LogP contribution in [0.15, 0.2) is 28.8 Å². The highest BCUT2D eigenvalue weighted by atomic mass is 19.1. The summed E-state index contributed by atoms with van der Waals surface area (Å²) in [5, 5.41) is 3.60. The Morgan fingerprint density at radius 3 is 2.70 bits per heavy atom. The Morgan fingerprint density at radius 1 is 1.40 bits per heavy atom. The highest BCUT2D eigenvalue weighted by Gasteiger charge is 2.14. The van der Waals surface area contributed by atoms with E-state index in [0.717, 1.165) is 5.56 Å². The summed E-state index contributed by atoms with van der Waals surface area (Å²) in [6.45, 7) is 3.53. The van der Waals surface area contributed by atoms with Crippen molar-refractivity contribution in [2.24, 2.45) is 0 Å². The summed E-state index contributed by atoms with van der Waals surface area (Å²) < 4.78 is 22.7. The van der Waals surface area contributed by atoms with Gasteiger partial charge in [0.15, 0.2) is 12.4 Å². The molecule has 0 amide bonds. The largest absolute Gasteiger partial charge is 0.456 e. The molecule has 2 aromatic rings. The first-order valence-electron chi connectivity index (χ1n) is 6.25. The number of halogens is 1. The highest BCUT2D eigenvalue weighted by molar-refractivity contribution is 5.70. The number of aromatic nitrogens is 2. The molecular formula is C14H15FN2O3. The van der Waals surface area contributed by atoms with E-state index in [9.17, 15) is 9.18 Å². The maximum atomic E-state index is 12.8. The molecule has 0 aliphatic rings. The molecule has 1 heterocycles. The van der Waals surface area contributed by atoms with Gasteiger partial charge in [0, 0.05) is 0 Å². The first-order chi connectivity index (χ1) is 9.54. The third-order valence-corrected chi connectivity index (χ3v) is 2.84. The molecular weight excluding hydrogens is 263 g/mol. The molecule has 106 valence electrons. The van der Waals surface area contributed by atoms with Crippen LogP contribution in [0.3, 0.4) is 0 Å². The number of aryl methyl sites for hydroxylation is 1. The number of ether oxygens (including phenoxy) is 1. The molecule has 5 nitrogen and oxygen atoms in total. The van der Waals surface area contributed by atoms with Crippen molar-refractivity contribution in [3.05, 3.63) is 47.4 Å². The van der Waals surface area contributed by atoms with E-state index >= 15 is 0 Å². The van der Waals surface area contributed by atoms with Gasteiger partial charge in [-0.2, -0.15) is 4.98 Å². The number of carbonyl (C=O) groups is 1. The van der Waals surface area contributed by atoms with Gasteiger partial charge in [-0.25, -0.2) is 4.39 Å². The van der Waals surface area contributed by atoms with Gasteiger partial charge in [-0.15, -0.1) is 0 Å². The van der Waals surface area contributed by atoms with E-state index in [1.165, 1.54) is 12.1 Å². The van der Waals surface area contributed by atoms with Crippen LogP contribution in [0.4, 0.5) is 4.39 Å². The number of carbonyl (C=O) groups excluding carboxylic acids is 1. The number of benzene rings is 1. The van der Waals surface area contributed by atoms with Crippen molar-refractivity contribution >= 4 is 5.97 Å². The van der Waals surface area contributed by atoms with Crippen LogP contribution in [0, 0.1) is 12.7 Å². The molecule has 0 fully saturated rings. The summed E-state index contributed by atoms with van der Waals surface area (Å²) in [4.78, 5) is 15.6. The van der Waals surface area contributed by atoms with E-state index in [-0.39, 0.29) is 36.6 Å². The van der Waals surface area contributed by atoms with Gasteiger partial charge in [0.25, 0.3) is 5.89 Å². The molecule has 0 saturated heterocycles. The number of esters is 1. The summed E-state index contributed by atoms with van der Waals surface area (Å²) in [5.41, 5.74) is 0.886. The van der Waals surface area contributed by atoms with Crippen LogP contribution in [0.2, 0.25) is 0 Å². The van der Waals surface area contributed by atoms with Crippen molar-refractivity contribution in [1.82, 2.24) is 10.1 Å². The minimum absolute atomic E-state index is 0.0319. The molecule has 0 bridgehead atoms. The molecule has 6 heteroatoms. The molecule has 0 radical (unpaired) electrons. The molecule has 0 aliphatic heterocycles. The maximum Gasteiger partial charge on any atom is 0.306 e. The number of rotatable bonds is 5. The minimum Gasteiger partial charge on any atom is -0.456 e. The van der Waals surface area contributed by atoms with Crippen molar-refractivity contribution in [2.45, 2.75) is 32.8 Å². The fourth-order valence-electron chi connectivity index (χ4n) is 1.76. The lowest BCUT2D eigenvalue weighted by Gasteiger charge is -2.10. The second-order valence-electron chi connectivity index (χ2n) is 4.55. The van der Waals surface area contributed by atoms with E-state index in [4.69, 9.17) is 9.26 Å². The molecule has 0 aliphatic carbocycles. The number of hydrogen-bond acceptors (Lipinski definition) is 5. The van der Waals surface area contributed by atoms with Crippen LogP contribution in [-0.2, 0) is 16.1 Å². The Kier molecular flexibility index (Phi) is 4.45. The van der Waals surface area contributed by atoms with Crippen LogP contribution in [-0.4, -0.2) is 16.1 Å². The van der Waals surface area contributed by atoms with Gasteiger partial charge in [0.2, 0.25) is 0 Å². The normalized spacial score (nSPS) is 12.2. The summed E-state index contributed by atoms with van der Waals surface area (Å²) in [6, 6.07) is 6.07. The predicted octanol–water partition coefficient (Wildman–Crippen LogP) is 2.75. The SMILES string of the molecule is Cc1noc(COC(=O)CC(C)c2ccc(F)cc2)n1. The summed E-state index contributed by atoms with van der Waals surface area (Å²) in [6.07, 6.45) is 0.207. The average Bonchev–Trinajstić information content (AvgIpc) is 2.83. The second-order valence-corrected chi connectivity index (χ2v) is 4.55. The van der Waals surface area contributed by atoms with E-state index in [1.807, 2.05) is 6.92 Å². The van der Waals surface area contributed by atoms with E-state index in [0.29, 0.717) is 5.82 Å². The molecule has 1 atom stereocenters. The maximum absolute atomic E-state index is 12.8. The lowest BCUT2D eigenvalue weighted by atomic mass is 9.98. The zero-order valence-corrected chi connectivity index (χ0v) is 11.3. The van der Waals surface area contributed by atoms with Gasteiger partial charge in [-0.05, 0) is 30.5 Å². The summed E-state index contributed by atoms with van der Waals surface area (Å²) in [7, 11) is 0. The molecule has 1 aromatic heterocycles. The van der Waals surface area contributed by atoms with Crippen molar-refractivity contribution in [3.8, 4) is 0 Å². The fraction of sp³-hybridized carbons (Fsp3) is 0.357. The molecule has 1 aromatic carbocycles. The van der Waals surface area contributed by atoms with Gasteiger partial charge in [0.1, 0.15) is 5.82 Å². The van der Waals surface area contributed by atoms with Crippen LogP contribution < -0.4 is 0 Å². The van der Waals surface area contributed by atoms with Gasteiger partial charge in [-0.3, -0.25) is 4.79 Å². The Labute approximate surface area is 115 Å². The van der Waals surface area contributed by atoms with Crippen molar-refractivity contribution in [1.29, 1.82) is 0 Å². The molecule has 0 spiro atoms. The standard InChI is InChI=1S/C14H15FN2O3/c1-9(11-3-5-12(15)6-4-11)7-14(18)19-8-13-16-10(2)17-20-13/h3-6,9H,7-8H2,1-2H3. The van der Waals surface area contributed by atoms with Crippen molar-refractivity contribution in [3.63, 3.8) is 0 Å². The monoisotopic (exact) mass is 278 g/mol. The van der Waals surface area contributed by atoms with Crippen LogP contribution >= 0.6 is 0 Å². The quantitative estimate of drug-likeness (QED) is 0.787. The van der Waals surface area contributed by atoms with Crippen molar-refractivity contribution < 1.29 is 18.4 Å². The Bertz CT molecular complexity index is 580. The summed E-state index contributed by atoms with van der Waals surface area (Å²) in [5.74, 6) is 0.0569. The Hall–Kier alpha value is -2.24. The van der Waals surface area contributed by atoms with E-state index in [1.54, 1.807) is 19.1 Å². The molecule has 2 rings (SSSR count). The molecule has 0 N–H and O–H groups in total. The lowest BCUT2D eigenvalue weighted by Crippen LogP contribution is -2.09. The van der Waals surface area contributed by atoms with Crippen LogP contribution in [0.5, 0.6) is 0 Å². The van der Waals surface area contributed by atoms with Crippen molar-refractivity contribution in [2.75, 3.05) is 0 Å². The highest BCUT2D eigenvalue weighted by Crippen LogP contribution is 2.20. The van der Waals surface area contributed by atoms with E-state index in [2.05, 4.69) is 10.1 Å². The lowest BCUT2D eigenvalue weighted by molar-refractivity contribution is -0.146. The number of hydrogen-bond donors (Lipinski definition) is 0. The Morgan fingerprint density at radius 2 is 2.10 bits per heavy atom. The van der Waals surface area contributed by atoms with Gasteiger partial charge in [0.05, 0.1) is 6.42 Å². The topological polar surface area (TPSA) is 65.2 Å². The van der Waals surface area contributed by atoms with Gasteiger partial charge in [-0.1, -0.05) is 24.2 Å². The minimum atomic E-state index is -0.363. The van der Waals surface area contributed by atoms with Crippen LogP contribution in [0.25, 0.3) is 0 Å². The van der Waals surface area contributed by atoms with E-state index < -0.39 is 0 Å².